The van der Waals surface area contributed by atoms with Gasteiger partial charge in [-0.3, -0.25) is 4.68 Å². The quantitative estimate of drug-likeness (QED) is 0.889. The zero-order valence-electron chi connectivity index (χ0n) is 11.8. The van der Waals surface area contributed by atoms with Crippen LogP contribution in [0.25, 0.3) is 0 Å². The molecule has 1 N–H and O–H groups in total. The van der Waals surface area contributed by atoms with E-state index in [0.717, 1.165) is 23.1 Å². The maximum absolute atomic E-state index is 4.52. The Morgan fingerprint density at radius 2 is 2.26 bits per heavy atom. The van der Waals surface area contributed by atoms with Gasteiger partial charge in [-0.2, -0.15) is 5.10 Å². The van der Waals surface area contributed by atoms with Gasteiger partial charge < -0.3 is 5.32 Å². The van der Waals surface area contributed by atoms with Crippen molar-refractivity contribution in [3.8, 4) is 0 Å². The predicted octanol–water partition coefficient (Wildman–Crippen LogP) is 3.08. The van der Waals surface area contributed by atoms with Crippen LogP contribution < -0.4 is 5.32 Å². The molecule has 0 saturated heterocycles. The van der Waals surface area contributed by atoms with E-state index in [4.69, 9.17) is 0 Å². The van der Waals surface area contributed by atoms with Crippen LogP contribution in [0.15, 0.2) is 20.9 Å². The topological polar surface area (TPSA) is 42.7 Å². The Labute approximate surface area is 122 Å². The van der Waals surface area contributed by atoms with Gasteiger partial charge in [0.25, 0.3) is 0 Å². The van der Waals surface area contributed by atoms with Crippen LogP contribution in [-0.2, 0) is 13.6 Å². The monoisotopic (exact) mass is 296 g/mol. The van der Waals surface area contributed by atoms with Crippen LogP contribution >= 0.6 is 23.1 Å². The largest absolute Gasteiger partial charge is 0.312 e. The molecule has 0 saturated carbocycles. The molecule has 0 amide bonds. The number of hydrogen-bond acceptors (Lipinski definition) is 5. The summed E-state index contributed by atoms with van der Waals surface area (Å²) in [6.45, 7) is 8.39. The first-order chi connectivity index (χ1) is 9.08. The number of thiazole rings is 1. The molecule has 4 nitrogen and oxygen atoms in total. The second-order valence-corrected chi connectivity index (χ2v) is 7.05. The van der Waals surface area contributed by atoms with Gasteiger partial charge in [-0.05, 0) is 31.1 Å². The summed E-state index contributed by atoms with van der Waals surface area (Å²) in [7, 11) is 1.99. The van der Waals surface area contributed by atoms with Crippen molar-refractivity contribution >= 4 is 23.1 Å². The van der Waals surface area contributed by atoms with Crippen LogP contribution in [0.5, 0.6) is 0 Å². The second-order valence-electron chi connectivity index (χ2n) is 4.92. The summed E-state index contributed by atoms with van der Waals surface area (Å²) in [5.74, 6) is 0.659. The average molecular weight is 296 g/mol. The fourth-order valence-corrected chi connectivity index (χ4v) is 3.59. The van der Waals surface area contributed by atoms with Gasteiger partial charge in [0.05, 0.1) is 5.69 Å². The van der Waals surface area contributed by atoms with Crippen molar-refractivity contribution in [2.24, 2.45) is 13.0 Å². The van der Waals surface area contributed by atoms with Crippen LogP contribution in [-0.4, -0.2) is 21.3 Å². The molecule has 0 atom stereocenters. The SMILES string of the molecule is Cc1nn(C)c(Sc2nccs2)c1CNCC(C)C. The Balaban J connectivity index is 2.12. The number of aromatic nitrogens is 3. The molecular weight excluding hydrogens is 276 g/mol. The van der Waals surface area contributed by atoms with E-state index in [1.54, 1.807) is 23.1 Å². The molecule has 6 heteroatoms. The smallest absolute Gasteiger partial charge is 0.156 e. The minimum Gasteiger partial charge on any atom is -0.312 e. The summed E-state index contributed by atoms with van der Waals surface area (Å²) in [5.41, 5.74) is 2.38. The Hall–Kier alpha value is -0.850. The second kappa shape index (κ2) is 6.54. The summed E-state index contributed by atoms with van der Waals surface area (Å²) in [5, 5.41) is 11.2. The lowest BCUT2D eigenvalue weighted by Crippen LogP contribution is -2.19. The van der Waals surface area contributed by atoms with E-state index >= 15 is 0 Å². The van der Waals surface area contributed by atoms with Gasteiger partial charge in [0.15, 0.2) is 4.34 Å². The van der Waals surface area contributed by atoms with E-state index in [-0.39, 0.29) is 0 Å². The number of rotatable bonds is 6. The van der Waals surface area contributed by atoms with Crippen molar-refractivity contribution in [1.29, 1.82) is 0 Å². The van der Waals surface area contributed by atoms with Crippen LogP contribution in [0, 0.1) is 12.8 Å². The third-order valence-corrected chi connectivity index (χ3v) is 4.82. The molecule has 2 aromatic heterocycles. The lowest BCUT2D eigenvalue weighted by atomic mass is 10.2. The first-order valence-electron chi connectivity index (χ1n) is 6.38. The molecule has 0 spiro atoms. The van der Waals surface area contributed by atoms with E-state index in [1.807, 2.05) is 23.3 Å². The Morgan fingerprint density at radius 3 is 2.89 bits per heavy atom. The number of nitrogens with one attached hydrogen (secondary N) is 1. The average Bonchev–Trinajstić information content (AvgIpc) is 2.92. The van der Waals surface area contributed by atoms with Gasteiger partial charge >= 0.3 is 0 Å². The van der Waals surface area contributed by atoms with Crippen LogP contribution in [0.2, 0.25) is 0 Å². The third kappa shape index (κ3) is 3.81. The molecule has 0 aliphatic heterocycles. The van der Waals surface area contributed by atoms with Crippen molar-refractivity contribution in [3.63, 3.8) is 0 Å². The van der Waals surface area contributed by atoms with Gasteiger partial charge in [0.1, 0.15) is 5.03 Å². The van der Waals surface area contributed by atoms with Gasteiger partial charge in [-0.25, -0.2) is 4.98 Å². The van der Waals surface area contributed by atoms with E-state index in [9.17, 15) is 0 Å². The minimum atomic E-state index is 0.659. The first kappa shape index (κ1) is 14.6. The summed E-state index contributed by atoms with van der Waals surface area (Å²) >= 11 is 3.36. The summed E-state index contributed by atoms with van der Waals surface area (Å²) in [4.78, 5) is 4.33. The summed E-state index contributed by atoms with van der Waals surface area (Å²) in [6, 6.07) is 0. The molecule has 2 rings (SSSR count). The normalized spacial score (nSPS) is 11.4. The summed E-state index contributed by atoms with van der Waals surface area (Å²) < 4.78 is 3.02. The van der Waals surface area contributed by atoms with Crippen molar-refractivity contribution in [1.82, 2.24) is 20.1 Å². The van der Waals surface area contributed by atoms with E-state index in [2.05, 4.69) is 36.2 Å². The molecule has 0 aromatic carbocycles. The van der Waals surface area contributed by atoms with E-state index in [1.165, 1.54) is 10.6 Å². The van der Waals surface area contributed by atoms with Gasteiger partial charge in [-0.1, -0.05) is 13.8 Å². The van der Waals surface area contributed by atoms with Crippen molar-refractivity contribution in [2.45, 2.75) is 36.7 Å². The Kier molecular flexibility index (Phi) is 5.01. The zero-order valence-corrected chi connectivity index (χ0v) is 13.4. The Morgan fingerprint density at radius 1 is 1.47 bits per heavy atom. The molecular formula is C13H20N4S2. The Bertz CT molecular complexity index is 517. The standard InChI is InChI=1S/C13H20N4S2/c1-9(2)7-14-8-11-10(3)16-17(4)12(11)19-13-15-5-6-18-13/h5-6,9,14H,7-8H2,1-4H3. The maximum atomic E-state index is 4.52. The molecule has 0 fully saturated rings. The van der Waals surface area contributed by atoms with Crippen LogP contribution in [0.4, 0.5) is 0 Å². The number of aryl methyl sites for hydroxylation is 2. The van der Waals surface area contributed by atoms with E-state index in [0.29, 0.717) is 5.92 Å². The van der Waals surface area contributed by atoms with Crippen LogP contribution in [0.3, 0.4) is 0 Å². The number of nitrogens with zero attached hydrogens (tertiary/aromatic N) is 3. The highest BCUT2D eigenvalue weighted by molar-refractivity contribution is 8.01. The molecule has 0 radical (unpaired) electrons. The molecule has 0 aliphatic carbocycles. The molecule has 0 aliphatic rings. The van der Waals surface area contributed by atoms with Gasteiger partial charge in [0, 0.05) is 30.7 Å². The fourth-order valence-electron chi connectivity index (χ4n) is 1.84. The molecule has 2 heterocycles. The number of hydrogen-bond donors (Lipinski definition) is 1. The van der Waals surface area contributed by atoms with Gasteiger partial charge in [0.2, 0.25) is 0 Å². The maximum Gasteiger partial charge on any atom is 0.156 e. The summed E-state index contributed by atoms with van der Waals surface area (Å²) in [6.07, 6.45) is 1.84. The minimum absolute atomic E-state index is 0.659. The van der Waals surface area contributed by atoms with Gasteiger partial charge in [-0.15, -0.1) is 11.3 Å². The zero-order chi connectivity index (χ0) is 13.8. The molecule has 0 unspecified atom stereocenters. The predicted molar refractivity (Wildman–Crippen MR) is 80.7 cm³/mol. The highest BCUT2D eigenvalue weighted by atomic mass is 32.2. The highest BCUT2D eigenvalue weighted by Gasteiger charge is 2.15. The molecule has 2 aromatic rings. The molecule has 0 bridgehead atoms. The first-order valence-corrected chi connectivity index (χ1v) is 8.08. The van der Waals surface area contributed by atoms with Crippen molar-refractivity contribution in [2.75, 3.05) is 6.54 Å². The van der Waals surface area contributed by atoms with Crippen molar-refractivity contribution in [3.05, 3.63) is 22.8 Å². The third-order valence-electron chi connectivity index (χ3n) is 2.74. The molecule has 104 valence electrons. The molecule has 19 heavy (non-hydrogen) atoms. The fraction of sp³-hybridized carbons (Fsp3) is 0.538. The van der Waals surface area contributed by atoms with Crippen molar-refractivity contribution < 1.29 is 0 Å². The van der Waals surface area contributed by atoms with Crippen LogP contribution in [0.1, 0.15) is 25.1 Å². The lowest BCUT2D eigenvalue weighted by molar-refractivity contribution is 0.548. The van der Waals surface area contributed by atoms with E-state index < -0.39 is 0 Å². The lowest BCUT2D eigenvalue weighted by Gasteiger charge is -2.08. The highest BCUT2D eigenvalue weighted by Crippen LogP contribution is 2.32.